The Morgan fingerprint density at radius 2 is 2.33 bits per heavy atom. The lowest BCUT2D eigenvalue weighted by Crippen LogP contribution is -2.68. The van der Waals surface area contributed by atoms with Gasteiger partial charge in [-0.1, -0.05) is 30.7 Å². The maximum atomic E-state index is 12.8. The lowest BCUT2D eigenvalue weighted by molar-refractivity contribution is -0.138. The number of hydrogen-bond donors (Lipinski definition) is 0. The highest BCUT2D eigenvalue weighted by Gasteiger charge is 2.80. The van der Waals surface area contributed by atoms with Crippen LogP contribution in [0.15, 0.2) is 23.8 Å². The molecule has 0 aromatic carbocycles. The molecule has 5 atom stereocenters. The molecule has 5 fully saturated rings. The third-order valence-electron chi connectivity index (χ3n) is 7.00. The SMILES string of the molecule is C=C1CN2C(=O)[C@H]3CCC=C4CC5CC2(C15)[C@]43C. The Morgan fingerprint density at radius 1 is 1.50 bits per heavy atom. The standard InChI is InChI=1S/C16H19NO/c1-9-8-17-14(18)12-5-3-4-11-6-10-7-16(17,13(9)10)15(11,12)2/h4,10,12-13H,1,3,5-8H2,2H3/t10?,12-,13?,15-,16?/m1/s1. The van der Waals surface area contributed by atoms with Crippen molar-refractivity contribution in [3.8, 4) is 0 Å². The van der Waals surface area contributed by atoms with E-state index in [4.69, 9.17) is 0 Å². The molecule has 4 aliphatic carbocycles. The molecule has 1 spiro atoms. The van der Waals surface area contributed by atoms with Gasteiger partial charge in [-0.15, -0.1) is 0 Å². The van der Waals surface area contributed by atoms with E-state index in [0.29, 0.717) is 11.8 Å². The van der Waals surface area contributed by atoms with Crippen LogP contribution in [0.3, 0.4) is 0 Å². The van der Waals surface area contributed by atoms with Crippen molar-refractivity contribution < 1.29 is 4.79 Å². The van der Waals surface area contributed by atoms with Gasteiger partial charge in [-0.2, -0.15) is 0 Å². The van der Waals surface area contributed by atoms with Gasteiger partial charge in [0.25, 0.3) is 0 Å². The third kappa shape index (κ3) is 0.649. The lowest BCUT2D eigenvalue weighted by Gasteiger charge is -2.66. The zero-order valence-electron chi connectivity index (χ0n) is 10.9. The first-order chi connectivity index (χ1) is 8.60. The molecule has 2 bridgehead atoms. The molecule has 6 aliphatic rings. The van der Waals surface area contributed by atoms with Gasteiger partial charge in [0.2, 0.25) is 5.91 Å². The second kappa shape index (κ2) is 2.48. The summed E-state index contributed by atoms with van der Waals surface area (Å²) in [6.45, 7) is 7.52. The second-order valence-electron chi connectivity index (χ2n) is 7.21. The summed E-state index contributed by atoms with van der Waals surface area (Å²) < 4.78 is 0. The van der Waals surface area contributed by atoms with E-state index >= 15 is 0 Å². The maximum Gasteiger partial charge on any atom is 0.227 e. The normalized spacial score (nSPS) is 55.3. The van der Waals surface area contributed by atoms with Crippen molar-refractivity contribution in [2.24, 2.45) is 23.2 Å². The molecular weight excluding hydrogens is 222 g/mol. The van der Waals surface area contributed by atoms with E-state index in [9.17, 15) is 4.79 Å². The van der Waals surface area contributed by atoms with Crippen LogP contribution in [0.25, 0.3) is 0 Å². The number of amides is 1. The van der Waals surface area contributed by atoms with Crippen molar-refractivity contribution in [2.75, 3.05) is 6.54 Å². The van der Waals surface area contributed by atoms with Crippen LogP contribution in [0.4, 0.5) is 0 Å². The van der Waals surface area contributed by atoms with Gasteiger partial charge in [-0.25, -0.2) is 0 Å². The van der Waals surface area contributed by atoms with Gasteiger partial charge in [0.15, 0.2) is 0 Å². The molecule has 2 heterocycles. The molecule has 3 unspecified atom stereocenters. The van der Waals surface area contributed by atoms with Gasteiger partial charge in [0.1, 0.15) is 0 Å². The fraction of sp³-hybridized carbons (Fsp3) is 0.688. The highest BCUT2D eigenvalue weighted by molar-refractivity contribution is 5.88. The van der Waals surface area contributed by atoms with Crippen LogP contribution < -0.4 is 0 Å². The third-order valence-corrected chi connectivity index (χ3v) is 7.00. The van der Waals surface area contributed by atoms with Gasteiger partial charge < -0.3 is 4.90 Å². The predicted molar refractivity (Wildman–Crippen MR) is 68.7 cm³/mol. The molecule has 6 rings (SSSR count). The minimum atomic E-state index is 0.140. The molecule has 94 valence electrons. The molecule has 2 saturated heterocycles. The number of allylic oxidation sites excluding steroid dienone is 1. The zero-order valence-corrected chi connectivity index (χ0v) is 10.9. The van der Waals surface area contributed by atoms with Crippen molar-refractivity contribution in [1.29, 1.82) is 0 Å². The van der Waals surface area contributed by atoms with Gasteiger partial charge in [0, 0.05) is 23.8 Å². The Hall–Kier alpha value is -1.05. The Morgan fingerprint density at radius 3 is 3.17 bits per heavy atom. The van der Waals surface area contributed by atoms with Crippen molar-refractivity contribution in [1.82, 2.24) is 4.90 Å². The molecular formula is C16H19NO. The first kappa shape index (κ1) is 9.82. The Labute approximate surface area is 108 Å². The molecule has 2 nitrogen and oxygen atoms in total. The molecule has 18 heavy (non-hydrogen) atoms. The van der Waals surface area contributed by atoms with Crippen LogP contribution in [0.5, 0.6) is 0 Å². The molecule has 0 aromatic rings. The summed E-state index contributed by atoms with van der Waals surface area (Å²) in [4.78, 5) is 15.0. The summed E-state index contributed by atoms with van der Waals surface area (Å²) >= 11 is 0. The van der Waals surface area contributed by atoms with E-state index in [0.717, 1.165) is 25.3 Å². The summed E-state index contributed by atoms with van der Waals surface area (Å²) in [6, 6.07) is 0. The first-order valence-corrected chi connectivity index (χ1v) is 7.29. The Kier molecular flexibility index (Phi) is 1.35. The molecule has 2 aliphatic heterocycles. The minimum Gasteiger partial charge on any atom is -0.331 e. The van der Waals surface area contributed by atoms with Crippen LogP contribution in [-0.4, -0.2) is 22.9 Å². The minimum absolute atomic E-state index is 0.140. The van der Waals surface area contributed by atoms with E-state index in [2.05, 4.69) is 24.5 Å². The quantitative estimate of drug-likeness (QED) is 0.597. The monoisotopic (exact) mass is 241 g/mol. The number of nitrogens with zero attached hydrogens (tertiary/aromatic N) is 1. The van der Waals surface area contributed by atoms with E-state index in [1.807, 2.05) is 0 Å². The lowest BCUT2D eigenvalue weighted by atomic mass is 9.39. The van der Waals surface area contributed by atoms with Crippen LogP contribution in [0.1, 0.15) is 32.6 Å². The molecule has 1 amide bonds. The van der Waals surface area contributed by atoms with E-state index in [1.165, 1.54) is 18.4 Å². The number of carbonyl (C=O) groups excluding carboxylic acids is 1. The predicted octanol–water partition coefficient (Wildman–Crippen LogP) is 2.52. The summed E-state index contributed by atoms with van der Waals surface area (Å²) in [5, 5.41) is 0. The summed E-state index contributed by atoms with van der Waals surface area (Å²) in [6.07, 6.45) is 7.12. The number of carbonyl (C=O) groups is 1. The van der Waals surface area contributed by atoms with Crippen LogP contribution in [-0.2, 0) is 4.79 Å². The highest BCUT2D eigenvalue weighted by atomic mass is 16.2. The molecule has 0 N–H and O–H groups in total. The van der Waals surface area contributed by atoms with Gasteiger partial charge in [-0.3, -0.25) is 4.79 Å². The highest BCUT2D eigenvalue weighted by Crippen LogP contribution is 2.77. The average Bonchev–Trinajstić information content (AvgIpc) is 2.65. The van der Waals surface area contributed by atoms with Crippen molar-refractivity contribution >= 4 is 5.91 Å². The van der Waals surface area contributed by atoms with Crippen LogP contribution in [0, 0.1) is 23.2 Å². The Bertz CT molecular complexity index is 547. The topological polar surface area (TPSA) is 20.3 Å². The first-order valence-electron chi connectivity index (χ1n) is 7.29. The van der Waals surface area contributed by atoms with Crippen LogP contribution in [0.2, 0.25) is 0 Å². The average molecular weight is 241 g/mol. The fourth-order valence-corrected chi connectivity index (χ4v) is 6.41. The fourth-order valence-electron chi connectivity index (χ4n) is 6.41. The van der Waals surface area contributed by atoms with Gasteiger partial charge in [-0.05, 0) is 31.6 Å². The maximum absolute atomic E-state index is 12.8. The van der Waals surface area contributed by atoms with E-state index in [1.54, 1.807) is 5.57 Å². The molecule has 0 radical (unpaired) electrons. The summed E-state index contributed by atoms with van der Waals surface area (Å²) in [5.74, 6) is 2.11. The second-order valence-corrected chi connectivity index (χ2v) is 7.21. The van der Waals surface area contributed by atoms with Crippen LogP contribution >= 0.6 is 0 Å². The van der Waals surface area contributed by atoms with E-state index in [-0.39, 0.29) is 16.9 Å². The van der Waals surface area contributed by atoms with Crippen molar-refractivity contribution in [2.45, 2.75) is 38.1 Å². The molecule has 2 heteroatoms. The summed E-state index contributed by atoms with van der Waals surface area (Å²) in [5.41, 5.74) is 3.24. The Balaban J connectivity index is 1.83. The summed E-state index contributed by atoms with van der Waals surface area (Å²) in [7, 11) is 0. The number of rotatable bonds is 0. The van der Waals surface area contributed by atoms with Gasteiger partial charge in [0.05, 0.1) is 5.54 Å². The number of hydrogen-bond acceptors (Lipinski definition) is 1. The molecule has 0 aromatic heterocycles. The largest absolute Gasteiger partial charge is 0.331 e. The van der Waals surface area contributed by atoms with E-state index < -0.39 is 0 Å². The van der Waals surface area contributed by atoms with Crippen molar-refractivity contribution in [3.63, 3.8) is 0 Å². The molecule has 3 saturated carbocycles. The van der Waals surface area contributed by atoms with Gasteiger partial charge >= 0.3 is 0 Å². The smallest absolute Gasteiger partial charge is 0.227 e. The van der Waals surface area contributed by atoms with Crippen molar-refractivity contribution in [3.05, 3.63) is 23.8 Å². The zero-order chi connectivity index (χ0) is 12.3.